The molecule has 0 aliphatic carbocycles. The van der Waals surface area contributed by atoms with Crippen molar-refractivity contribution in [2.45, 2.75) is 44.3 Å². The number of aliphatic hydroxyl groups excluding tert-OH is 1. The van der Waals surface area contributed by atoms with E-state index in [0.29, 0.717) is 19.5 Å². The maximum atomic E-state index is 12.3. The van der Waals surface area contributed by atoms with E-state index in [1.54, 1.807) is 4.90 Å². The summed E-state index contributed by atoms with van der Waals surface area (Å²) in [5.74, 6) is -0.144. The number of hydrogen-bond acceptors (Lipinski definition) is 4. The molecule has 5 heteroatoms. The van der Waals surface area contributed by atoms with Crippen LogP contribution in [0.3, 0.4) is 0 Å². The lowest BCUT2D eigenvalue weighted by atomic mass is 9.85. The van der Waals surface area contributed by atoms with Gasteiger partial charge in [-0.25, -0.2) is 0 Å². The van der Waals surface area contributed by atoms with E-state index in [1.807, 2.05) is 24.3 Å². The molecule has 138 valence electrons. The molecule has 0 bridgehead atoms. The molecular formula is C21H25NO3S. The van der Waals surface area contributed by atoms with Gasteiger partial charge in [-0.15, -0.1) is 11.3 Å². The minimum atomic E-state index is -0.877. The van der Waals surface area contributed by atoms with Crippen molar-refractivity contribution >= 4 is 17.2 Å². The summed E-state index contributed by atoms with van der Waals surface area (Å²) in [6.45, 7) is 3.87. The summed E-state index contributed by atoms with van der Waals surface area (Å²) in [5, 5.41) is 9.85. The average molecular weight is 372 g/mol. The van der Waals surface area contributed by atoms with Crippen LogP contribution in [0.2, 0.25) is 0 Å². The second-order valence-electron chi connectivity index (χ2n) is 7.17. The quantitative estimate of drug-likeness (QED) is 0.897. The second kappa shape index (κ2) is 7.14. The molecule has 26 heavy (non-hydrogen) atoms. The van der Waals surface area contributed by atoms with Crippen LogP contribution in [0.5, 0.6) is 0 Å². The Morgan fingerprint density at radius 3 is 2.73 bits per heavy atom. The molecule has 4 nitrogen and oxygen atoms in total. The van der Waals surface area contributed by atoms with Gasteiger partial charge in [-0.1, -0.05) is 37.3 Å². The molecule has 1 aromatic carbocycles. The standard InChI is InChI=1S/C21H25NO3S/c1-2-17(23)20(24)22-11-9-21(10-12-22)19-16(8-13-25-21)14-18(26-19)15-6-4-3-5-7-15/h3-7,14,17,23H,2,8-13H2,1H3. The van der Waals surface area contributed by atoms with Crippen molar-refractivity contribution in [3.05, 3.63) is 46.8 Å². The van der Waals surface area contributed by atoms with Gasteiger partial charge in [0.05, 0.1) is 6.61 Å². The third kappa shape index (κ3) is 3.08. The number of rotatable bonds is 3. The highest BCUT2D eigenvalue weighted by atomic mass is 32.1. The third-order valence-corrected chi connectivity index (χ3v) is 7.00. The van der Waals surface area contributed by atoms with Crippen LogP contribution in [0, 0.1) is 0 Å². The molecule has 1 fully saturated rings. The highest BCUT2D eigenvalue weighted by Gasteiger charge is 2.43. The lowest BCUT2D eigenvalue weighted by Crippen LogP contribution is -2.50. The van der Waals surface area contributed by atoms with E-state index in [0.717, 1.165) is 25.9 Å². The molecule has 2 aromatic rings. The van der Waals surface area contributed by atoms with Gasteiger partial charge in [-0.2, -0.15) is 0 Å². The number of benzene rings is 1. The highest BCUT2D eigenvalue weighted by Crippen LogP contribution is 2.47. The van der Waals surface area contributed by atoms with Crippen LogP contribution in [-0.4, -0.2) is 41.7 Å². The van der Waals surface area contributed by atoms with E-state index in [9.17, 15) is 9.90 Å². The van der Waals surface area contributed by atoms with Crippen molar-refractivity contribution in [1.29, 1.82) is 0 Å². The van der Waals surface area contributed by atoms with Crippen molar-refractivity contribution in [2.24, 2.45) is 0 Å². The number of thiophene rings is 1. The first-order chi connectivity index (χ1) is 12.6. The summed E-state index contributed by atoms with van der Waals surface area (Å²) in [6.07, 6.45) is 2.15. The van der Waals surface area contributed by atoms with E-state index < -0.39 is 6.10 Å². The topological polar surface area (TPSA) is 49.8 Å². The monoisotopic (exact) mass is 371 g/mol. The molecule has 0 saturated carbocycles. The highest BCUT2D eigenvalue weighted by molar-refractivity contribution is 7.15. The predicted molar refractivity (Wildman–Crippen MR) is 103 cm³/mol. The Kier molecular flexibility index (Phi) is 4.86. The number of piperidine rings is 1. The first-order valence-electron chi connectivity index (χ1n) is 9.42. The molecule has 1 aromatic heterocycles. The summed E-state index contributed by atoms with van der Waals surface area (Å²) in [6, 6.07) is 12.8. The summed E-state index contributed by atoms with van der Waals surface area (Å²) in [5.41, 5.74) is 2.38. The molecule has 0 radical (unpaired) electrons. The Labute approximate surface area is 158 Å². The molecule has 2 aliphatic heterocycles. The number of hydrogen-bond donors (Lipinski definition) is 1. The second-order valence-corrected chi connectivity index (χ2v) is 8.23. The number of amides is 1. The van der Waals surface area contributed by atoms with E-state index in [2.05, 4.69) is 30.3 Å². The van der Waals surface area contributed by atoms with Crippen molar-refractivity contribution < 1.29 is 14.6 Å². The number of carbonyl (C=O) groups excluding carboxylic acids is 1. The SMILES string of the molecule is CCC(O)C(=O)N1CCC2(CC1)OCCc1cc(-c3ccccc3)sc12. The van der Waals surface area contributed by atoms with Gasteiger partial charge in [0.15, 0.2) is 0 Å². The van der Waals surface area contributed by atoms with Gasteiger partial charge in [0.1, 0.15) is 11.7 Å². The van der Waals surface area contributed by atoms with Gasteiger partial charge in [0.25, 0.3) is 5.91 Å². The Morgan fingerprint density at radius 2 is 2.04 bits per heavy atom. The smallest absolute Gasteiger partial charge is 0.251 e. The van der Waals surface area contributed by atoms with E-state index in [4.69, 9.17) is 4.74 Å². The Balaban J connectivity index is 1.57. The van der Waals surface area contributed by atoms with Crippen LogP contribution in [0.25, 0.3) is 10.4 Å². The van der Waals surface area contributed by atoms with E-state index in [1.165, 1.54) is 20.9 Å². The van der Waals surface area contributed by atoms with Crippen molar-refractivity contribution in [3.8, 4) is 10.4 Å². The van der Waals surface area contributed by atoms with Crippen molar-refractivity contribution in [1.82, 2.24) is 4.90 Å². The summed E-state index contributed by atoms with van der Waals surface area (Å²) in [4.78, 5) is 16.7. The normalized spacial score (nSPS) is 20.0. The number of aliphatic hydroxyl groups is 1. The number of carbonyl (C=O) groups is 1. The number of likely N-dealkylation sites (tertiary alicyclic amines) is 1. The summed E-state index contributed by atoms with van der Waals surface area (Å²) < 4.78 is 6.31. The van der Waals surface area contributed by atoms with Gasteiger partial charge < -0.3 is 14.7 Å². The van der Waals surface area contributed by atoms with Crippen molar-refractivity contribution in [3.63, 3.8) is 0 Å². The Hall–Kier alpha value is -1.69. The molecule has 1 amide bonds. The fourth-order valence-corrected chi connectivity index (χ4v) is 5.43. The first kappa shape index (κ1) is 17.7. The van der Waals surface area contributed by atoms with Crippen LogP contribution >= 0.6 is 11.3 Å². The Bertz CT molecular complexity index is 778. The number of fused-ring (bicyclic) bond motifs is 2. The predicted octanol–water partition coefficient (Wildman–Crippen LogP) is 3.58. The zero-order chi connectivity index (χ0) is 18.1. The fraction of sp³-hybridized carbons (Fsp3) is 0.476. The lowest BCUT2D eigenvalue weighted by Gasteiger charge is -2.44. The van der Waals surface area contributed by atoms with Crippen molar-refractivity contribution in [2.75, 3.05) is 19.7 Å². The molecule has 4 rings (SSSR count). The van der Waals surface area contributed by atoms with Gasteiger partial charge in [0.2, 0.25) is 0 Å². The van der Waals surface area contributed by atoms with Gasteiger partial charge >= 0.3 is 0 Å². The largest absolute Gasteiger partial charge is 0.383 e. The van der Waals surface area contributed by atoms with Crippen LogP contribution in [0.4, 0.5) is 0 Å². The number of ether oxygens (including phenoxy) is 1. The molecule has 3 heterocycles. The maximum Gasteiger partial charge on any atom is 0.251 e. The van der Waals surface area contributed by atoms with E-state index >= 15 is 0 Å². The minimum absolute atomic E-state index is 0.144. The van der Waals surface area contributed by atoms with Crippen LogP contribution in [0.15, 0.2) is 36.4 Å². The van der Waals surface area contributed by atoms with Crippen LogP contribution < -0.4 is 0 Å². The van der Waals surface area contributed by atoms with E-state index in [-0.39, 0.29) is 11.5 Å². The van der Waals surface area contributed by atoms with Gasteiger partial charge in [-0.05, 0) is 42.9 Å². The summed E-state index contributed by atoms with van der Waals surface area (Å²) in [7, 11) is 0. The Morgan fingerprint density at radius 1 is 1.31 bits per heavy atom. The minimum Gasteiger partial charge on any atom is -0.383 e. The maximum absolute atomic E-state index is 12.3. The van der Waals surface area contributed by atoms with Gasteiger partial charge in [-0.3, -0.25) is 4.79 Å². The molecule has 1 atom stereocenters. The molecule has 1 unspecified atom stereocenters. The summed E-state index contributed by atoms with van der Waals surface area (Å²) >= 11 is 1.84. The van der Waals surface area contributed by atoms with Gasteiger partial charge in [0, 0.05) is 22.8 Å². The molecule has 1 saturated heterocycles. The average Bonchev–Trinajstić information content (AvgIpc) is 3.14. The molecule has 2 aliphatic rings. The first-order valence-corrected chi connectivity index (χ1v) is 10.2. The zero-order valence-electron chi connectivity index (χ0n) is 15.1. The lowest BCUT2D eigenvalue weighted by molar-refractivity contribution is -0.148. The molecule has 1 spiro atoms. The fourth-order valence-electron chi connectivity index (χ4n) is 4.01. The van der Waals surface area contributed by atoms with Crippen LogP contribution in [0.1, 0.15) is 36.6 Å². The zero-order valence-corrected chi connectivity index (χ0v) is 15.9. The molecular weight excluding hydrogens is 346 g/mol. The number of nitrogens with zero attached hydrogens (tertiary/aromatic N) is 1. The molecule has 1 N–H and O–H groups in total. The van der Waals surface area contributed by atoms with Crippen LogP contribution in [-0.2, 0) is 21.6 Å². The third-order valence-electron chi connectivity index (χ3n) is 5.59.